The molecule has 0 radical (unpaired) electrons. The fraction of sp³-hybridized carbons (Fsp3) is 0.333. The molecule has 0 aliphatic carbocycles. The van der Waals surface area contributed by atoms with E-state index >= 15 is 0 Å². The molecule has 1 aromatic heterocycles. The lowest BCUT2D eigenvalue weighted by atomic mass is 9.99. The Morgan fingerprint density at radius 2 is 1.76 bits per heavy atom. The maximum absolute atomic E-state index is 13.2. The number of hydrogen-bond donors (Lipinski definition) is 0. The molecule has 1 aliphatic heterocycles. The van der Waals surface area contributed by atoms with Crippen molar-refractivity contribution >= 4 is 5.82 Å². The fourth-order valence-electron chi connectivity index (χ4n) is 2.58. The molecular weight excluding hydrogens is 273 g/mol. The van der Waals surface area contributed by atoms with Crippen LogP contribution in [0.1, 0.15) is 11.1 Å². The van der Waals surface area contributed by atoms with Crippen LogP contribution in [0.15, 0.2) is 24.5 Å². The third kappa shape index (κ3) is 2.61. The van der Waals surface area contributed by atoms with E-state index in [1.807, 2.05) is 17.0 Å². The summed E-state index contributed by atoms with van der Waals surface area (Å²) in [5.74, 6) is 1.52. The van der Waals surface area contributed by atoms with Crippen LogP contribution < -0.4 is 14.4 Å². The van der Waals surface area contributed by atoms with Gasteiger partial charge in [-0.3, -0.25) is 0 Å². The molecule has 0 N–H and O–H groups in total. The van der Waals surface area contributed by atoms with Crippen LogP contribution in [-0.2, 0) is 13.0 Å². The third-order valence-electron chi connectivity index (χ3n) is 3.66. The smallest absolute Gasteiger partial charge is 0.218 e. The molecule has 6 heteroatoms. The van der Waals surface area contributed by atoms with Gasteiger partial charge in [-0.1, -0.05) is 0 Å². The van der Waals surface area contributed by atoms with Gasteiger partial charge in [0.25, 0.3) is 0 Å². The standard InChI is InChI=1S/C15H16FN3O2/c1-20-12-5-10-3-4-19(8-11(10)6-13(12)21-2)15-7-14(16)17-9-18-15/h5-7,9H,3-4,8H2,1-2H3. The maximum Gasteiger partial charge on any atom is 0.218 e. The van der Waals surface area contributed by atoms with Crippen molar-refractivity contribution in [2.75, 3.05) is 25.7 Å². The molecule has 1 aromatic carbocycles. The number of benzene rings is 1. The Bertz CT molecular complexity index is 663. The minimum atomic E-state index is -0.516. The van der Waals surface area contributed by atoms with Crippen molar-refractivity contribution < 1.29 is 13.9 Å². The second-order valence-electron chi connectivity index (χ2n) is 4.85. The maximum atomic E-state index is 13.2. The zero-order valence-electron chi connectivity index (χ0n) is 12.0. The number of ether oxygens (including phenoxy) is 2. The fourth-order valence-corrected chi connectivity index (χ4v) is 2.58. The SMILES string of the molecule is COc1cc2c(cc1OC)CN(c1cc(F)ncn1)CC2. The number of fused-ring (bicyclic) bond motifs is 1. The first-order chi connectivity index (χ1) is 10.2. The zero-order chi connectivity index (χ0) is 14.8. The van der Waals surface area contributed by atoms with Gasteiger partial charge in [0.15, 0.2) is 11.5 Å². The van der Waals surface area contributed by atoms with Crippen molar-refractivity contribution in [3.05, 3.63) is 41.6 Å². The monoisotopic (exact) mass is 289 g/mol. The second kappa shape index (κ2) is 5.55. The minimum Gasteiger partial charge on any atom is -0.493 e. The van der Waals surface area contributed by atoms with E-state index in [2.05, 4.69) is 9.97 Å². The first-order valence-corrected chi connectivity index (χ1v) is 6.67. The molecule has 1 aliphatic rings. The van der Waals surface area contributed by atoms with Crippen LogP contribution >= 0.6 is 0 Å². The largest absolute Gasteiger partial charge is 0.493 e. The Morgan fingerprint density at radius 1 is 1.05 bits per heavy atom. The van der Waals surface area contributed by atoms with Crippen LogP contribution in [0.2, 0.25) is 0 Å². The topological polar surface area (TPSA) is 47.5 Å². The van der Waals surface area contributed by atoms with Crippen LogP contribution in [0.5, 0.6) is 11.5 Å². The van der Waals surface area contributed by atoms with Gasteiger partial charge in [-0.05, 0) is 29.7 Å². The lowest BCUT2D eigenvalue weighted by molar-refractivity contribution is 0.353. The van der Waals surface area contributed by atoms with E-state index in [1.54, 1.807) is 14.2 Å². The van der Waals surface area contributed by atoms with Gasteiger partial charge in [-0.2, -0.15) is 4.39 Å². The number of methoxy groups -OCH3 is 2. The number of nitrogens with zero attached hydrogens (tertiary/aromatic N) is 3. The Morgan fingerprint density at radius 3 is 2.43 bits per heavy atom. The van der Waals surface area contributed by atoms with Crippen molar-refractivity contribution in [1.82, 2.24) is 9.97 Å². The molecule has 0 unspecified atom stereocenters. The molecule has 0 atom stereocenters. The Labute approximate surface area is 122 Å². The molecule has 21 heavy (non-hydrogen) atoms. The summed E-state index contributed by atoms with van der Waals surface area (Å²) in [6.07, 6.45) is 2.09. The van der Waals surface area contributed by atoms with E-state index < -0.39 is 5.95 Å². The molecule has 0 bridgehead atoms. The van der Waals surface area contributed by atoms with Crippen LogP contribution in [0.3, 0.4) is 0 Å². The lowest BCUT2D eigenvalue weighted by Crippen LogP contribution is -2.31. The van der Waals surface area contributed by atoms with Gasteiger partial charge in [0.1, 0.15) is 12.1 Å². The van der Waals surface area contributed by atoms with Crippen LogP contribution in [-0.4, -0.2) is 30.7 Å². The highest BCUT2D eigenvalue weighted by molar-refractivity contribution is 5.51. The van der Waals surface area contributed by atoms with Gasteiger partial charge in [0.05, 0.1) is 14.2 Å². The van der Waals surface area contributed by atoms with Gasteiger partial charge < -0.3 is 14.4 Å². The number of hydrogen-bond acceptors (Lipinski definition) is 5. The van der Waals surface area contributed by atoms with Crippen LogP contribution in [0, 0.1) is 5.95 Å². The summed E-state index contributed by atoms with van der Waals surface area (Å²) >= 11 is 0. The molecule has 0 spiro atoms. The van der Waals surface area contributed by atoms with Gasteiger partial charge >= 0.3 is 0 Å². The Hall–Kier alpha value is -2.37. The van der Waals surface area contributed by atoms with Gasteiger partial charge in [0.2, 0.25) is 5.95 Å². The number of anilines is 1. The van der Waals surface area contributed by atoms with Gasteiger partial charge in [-0.25, -0.2) is 9.97 Å². The van der Waals surface area contributed by atoms with E-state index in [9.17, 15) is 4.39 Å². The summed E-state index contributed by atoms with van der Waals surface area (Å²) in [6, 6.07) is 5.33. The Kier molecular flexibility index (Phi) is 3.60. The summed E-state index contributed by atoms with van der Waals surface area (Å²) in [5, 5.41) is 0. The number of halogens is 1. The van der Waals surface area contributed by atoms with E-state index in [-0.39, 0.29) is 0 Å². The van der Waals surface area contributed by atoms with Crippen molar-refractivity contribution in [2.45, 2.75) is 13.0 Å². The first-order valence-electron chi connectivity index (χ1n) is 6.67. The van der Waals surface area contributed by atoms with E-state index in [1.165, 1.54) is 18.0 Å². The average molecular weight is 289 g/mol. The van der Waals surface area contributed by atoms with Crippen molar-refractivity contribution in [1.29, 1.82) is 0 Å². The predicted molar refractivity (Wildman–Crippen MR) is 76.3 cm³/mol. The normalized spacial score (nSPS) is 13.8. The summed E-state index contributed by atoms with van der Waals surface area (Å²) in [4.78, 5) is 9.65. The van der Waals surface area contributed by atoms with Crippen molar-refractivity contribution in [3.63, 3.8) is 0 Å². The summed E-state index contributed by atoms with van der Waals surface area (Å²) in [5.41, 5.74) is 2.36. The minimum absolute atomic E-state index is 0.516. The molecule has 5 nitrogen and oxygen atoms in total. The predicted octanol–water partition coefficient (Wildman–Crippen LogP) is 2.20. The molecule has 110 valence electrons. The second-order valence-corrected chi connectivity index (χ2v) is 4.85. The van der Waals surface area contributed by atoms with E-state index in [4.69, 9.17) is 9.47 Å². The van der Waals surface area contributed by atoms with Crippen molar-refractivity contribution in [3.8, 4) is 11.5 Å². The highest BCUT2D eigenvalue weighted by Gasteiger charge is 2.20. The molecule has 0 saturated carbocycles. The van der Waals surface area contributed by atoms with E-state index in [0.29, 0.717) is 18.1 Å². The molecule has 2 aromatic rings. The highest BCUT2D eigenvalue weighted by Crippen LogP contribution is 2.34. The summed E-state index contributed by atoms with van der Waals surface area (Å²) in [6.45, 7) is 1.44. The number of aromatic nitrogens is 2. The molecule has 0 amide bonds. The molecule has 0 saturated heterocycles. The highest BCUT2D eigenvalue weighted by atomic mass is 19.1. The lowest BCUT2D eigenvalue weighted by Gasteiger charge is -2.30. The Balaban J connectivity index is 1.91. The molecular formula is C15H16FN3O2. The quantitative estimate of drug-likeness (QED) is 0.811. The van der Waals surface area contributed by atoms with E-state index in [0.717, 1.165) is 24.3 Å². The van der Waals surface area contributed by atoms with Crippen molar-refractivity contribution in [2.24, 2.45) is 0 Å². The summed E-state index contributed by atoms with van der Waals surface area (Å²) in [7, 11) is 3.24. The zero-order valence-corrected chi connectivity index (χ0v) is 12.0. The molecule has 2 heterocycles. The molecule has 0 fully saturated rings. The third-order valence-corrected chi connectivity index (χ3v) is 3.66. The number of rotatable bonds is 3. The van der Waals surface area contributed by atoms with Gasteiger partial charge in [0, 0.05) is 19.2 Å². The first kappa shape index (κ1) is 13.6. The van der Waals surface area contributed by atoms with Gasteiger partial charge in [-0.15, -0.1) is 0 Å². The average Bonchev–Trinajstić information content (AvgIpc) is 2.53. The van der Waals surface area contributed by atoms with Crippen LogP contribution in [0.25, 0.3) is 0 Å². The molecule has 3 rings (SSSR count). The van der Waals surface area contributed by atoms with Crippen LogP contribution in [0.4, 0.5) is 10.2 Å². The summed E-state index contributed by atoms with van der Waals surface area (Å²) < 4.78 is 23.9.